The molecule has 32 heavy (non-hydrogen) atoms. The Bertz CT molecular complexity index is 1230. The molecule has 3 aromatic rings. The minimum atomic E-state index is -4.57. The molecule has 0 N–H and O–H groups in total. The van der Waals surface area contributed by atoms with Crippen LogP contribution in [0, 0.1) is 5.82 Å². The van der Waals surface area contributed by atoms with E-state index in [4.69, 9.17) is 16.0 Å². The van der Waals surface area contributed by atoms with Gasteiger partial charge < -0.3 is 4.42 Å². The molecule has 0 unspecified atom stereocenters. The number of carbonyl (C=O) groups excluding carboxylic acids is 2. The minimum Gasteiger partial charge on any atom is -0.457 e. The van der Waals surface area contributed by atoms with Crippen LogP contribution in [-0.2, 0) is 17.5 Å². The lowest BCUT2D eigenvalue weighted by Crippen LogP contribution is -2.28. The topological polar surface area (TPSA) is 50.5 Å². The van der Waals surface area contributed by atoms with Crippen LogP contribution in [0.3, 0.4) is 0 Å². The minimum absolute atomic E-state index is 0.00163. The number of amides is 2. The fourth-order valence-corrected chi connectivity index (χ4v) is 4.17. The van der Waals surface area contributed by atoms with Gasteiger partial charge >= 0.3 is 6.18 Å². The van der Waals surface area contributed by atoms with Gasteiger partial charge in [0, 0.05) is 22.2 Å². The maximum absolute atomic E-state index is 14.0. The van der Waals surface area contributed by atoms with E-state index in [-0.39, 0.29) is 39.1 Å². The number of furan rings is 1. The van der Waals surface area contributed by atoms with Crippen molar-refractivity contribution in [3.8, 4) is 11.3 Å². The van der Waals surface area contributed by atoms with E-state index in [9.17, 15) is 27.2 Å². The average molecular weight is 482 g/mol. The van der Waals surface area contributed by atoms with Gasteiger partial charge in [0.25, 0.3) is 11.1 Å². The highest BCUT2D eigenvalue weighted by Crippen LogP contribution is 2.39. The Morgan fingerprint density at radius 1 is 1.03 bits per heavy atom. The van der Waals surface area contributed by atoms with Crippen molar-refractivity contribution >= 4 is 40.6 Å². The first kappa shape index (κ1) is 22.2. The third-order valence-electron chi connectivity index (χ3n) is 4.65. The van der Waals surface area contributed by atoms with Crippen molar-refractivity contribution in [2.75, 3.05) is 0 Å². The van der Waals surface area contributed by atoms with Gasteiger partial charge in [0.1, 0.15) is 17.3 Å². The lowest BCUT2D eigenvalue weighted by Gasteiger charge is -2.14. The van der Waals surface area contributed by atoms with E-state index in [0.717, 1.165) is 11.0 Å². The Morgan fingerprint density at radius 3 is 2.50 bits per heavy atom. The molecule has 1 fully saturated rings. The van der Waals surface area contributed by atoms with Gasteiger partial charge in [-0.3, -0.25) is 14.5 Å². The van der Waals surface area contributed by atoms with E-state index in [1.54, 1.807) is 0 Å². The summed E-state index contributed by atoms with van der Waals surface area (Å²) in [6, 6.07) is 11.7. The summed E-state index contributed by atoms with van der Waals surface area (Å²) >= 11 is 6.58. The smallest absolute Gasteiger partial charge is 0.417 e. The summed E-state index contributed by atoms with van der Waals surface area (Å²) in [5.41, 5.74) is -1.01. The van der Waals surface area contributed by atoms with E-state index in [1.807, 2.05) is 0 Å². The molecule has 0 saturated carbocycles. The first-order valence-corrected chi connectivity index (χ1v) is 10.3. The van der Waals surface area contributed by atoms with Gasteiger partial charge in [-0.2, -0.15) is 13.2 Å². The van der Waals surface area contributed by atoms with Crippen LogP contribution in [0.2, 0.25) is 5.02 Å². The average Bonchev–Trinajstić information content (AvgIpc) is 3.30. The van der Waals surface area contributed by atoms with Gasteiger partial charge in [-0.1, -0.05) is 35.9 Å². The van der Waals surface area contributed by atoms with Crippen LogP contribution in [0.4, 0.5) is 22.4 Å². The van der Waals surface area contributed by atoms with Crippen molar-refractivity contribution in [2.45, 2.75) is 12.7 Å². The summed E-state index contributed by atoms with van der Waals surface area (Å²) < 4.78 is 59.3. The molecule has 0 bridgehead atoms. The molecule has 4 rings (SSSR count). The van der Waals surface area contributed by atoms with Crippen LogP contribution in [-0.4, -0.2) is 16.0 Å². The van der Waals surface area contributed by atoms with Crippen LogP contribution in [0.1, 0.15) is 16.9 Å². The SMILES string of the molecule is O=C1S/C(=C\c2ccc(-c3ccccc3C(F)(F)F)o2)C(=O)N1Cc1c(F)cccc1Cl. The molecule has 0 atom stereocenters. The Morgan fingerprint density at radius 2 is 1.78 bits per heavy atom. The molecule has 1 aliphatic heterocycles. The highest BCUT2D eigenvalue weighted by molar-refractivity contribution is 8.18. The standard InChI is InChI=1S/C22H12ClF4NO3S/c23-16-6-3-7-17(24)14(16)11-28-20(29)19(32-21(28)30)10-12-8-9-18(31-12)13-4-1-2-5-15(13)22(25,26)27/h1-10H,11H2/b19-10-. The number of alkyl halides is 3. The molecule has 1 saturated heterocycles. The summed E-state index contributed by atoms with van der Waals surface area (Å²) in [6.07, 6.45) is -3.31. The molecular weight excluding hydrogens is 470 g/mol. The number of nitrogens with zero attached hydrogens (tertiary/aromatic N) is 1. The molecule has 2 amide bonds. The predicted octanol–water partition coefficient (Wildman–Crippen LogP) is 6.99. The monoisotopic (exact) mass is 481 g/mol. The molecule has 0 radical (unpaired) electrons. The number of hydrogen-bond donors (Lipinski definition) is 0. The van der Waals surface area contributed by atoms with Gasteiger partial charge in [0.15, 0.2) is 0 Å². The van der Waals surface area contributed by atoms with Crippen LogP contribution in [0.25, 0.3) is 17.4 Å². The van der Waals surface area contributed by atoms with Gasteiger partial charge in [-0.25, -0.2) is 4.39 Å². The van der Waals surface area contributed by atoms with Crippen molar-refractivity contribution in [2.24, 2.45) is 0 Å². The summed E-state index contributed by atoms with van der Waals surface area (Å²) in [7, 11) is 0. The first-order valence-electron chi connectivity index (χ1n) is 9.10. The Balaban J connectivity index is 1.60. The number of halogens is 5. The van der Waals surface area contributed by atoms with Crippen LogP contribution >= 0.6 is 23.4 Å². The van der Waals surface area contributed by atoms with Crippen molar-refractivity contribution in [3.05, 3.63) is 87.2 Å². The molecule has 4 nitrogen and oxygen atoms in total. The summed E-state index contributed by atoms with van der Waals surface area (Å²) in [5, 5.41) is -0.554. The van der Waals surface area contributed by atoms with Gasteiger partial charge in [0.2, 0.25) is 0 Å². The number of hydrogen-bond acceptors (Lipinski definition) is 4. The second-order valence-electron chi connectivity index (χ2n) is 6.71. The van der Waals surface area contributed by atoms with Crippen molar-refractivity contribution in [3.63, 3.8) is 0 Å². The van der Waals surface area contributed by atoms with Crippen molar-refractivity contribution in [1.29, 1.82) is 0 Å². The fraction of sp³-hybridized carbons (Fsp3) is 0.0909. The van der Waals surface area contributed by atoms with E-state index in [1.165, 1.54) is 54.6 Å². The molecule has 0 spiro atoms. The molecule has 0 aliphatic carbocycles. The number of benzene rings is 2. The summed E-state index contributed by atoms with van der Waals surface area (Å²) in [4.78, 5) is 25.8. The number of imide groups is 1. The fourth-order valence-electron chi connectivity index (χ4n) is 3.13. The van der Waals surface area contributed by atoms with Gasteiger partial charge in [-0.05, 0) is 42.1 Å². The Labute approximate surface area is 188 Å². The van der Waals surface area contributed by atoms with Gasteiger partial charge in [-0.15, -0.1) is 0 Å². The Hall–Kier alpha value is -3.04. The van der Waals surface area contributed by atoms with E-state index in [0.29, 0.717) is 11.8 Å². The molecule has 1 aliphatic rings. The zero-order valence-corrected chi connectivity index (χ0v) is 17.5. The first-order chi connectivity index (χ1) is 15.1. The van der Waals surface area contributed by atoms with Crippen molar-refractivity contribution in [1.82, 2.24) is 4.90 Å². The largest absolute Gasteiger partial charge is 0.457 e. The van der Waals surface area contributed by atoms with Gasteiger partial charge in [0.05, 0.1) is 17.0 Å². The highest BCUT2D eigenvalue weighted by Gasteiger charge is 2.37. The summed E-state index contributed by atoms with van der Waals surface area (Å²) in [5.74, 6) is -1.29. The molecule has 2 heterocycles. The lowest BCUT2D eigenvalue weighted by molar-refractivity contribution is -0.137. The molecule has 1 aromatic heterocycles. The molecular formula is C22H12ClF4NO3S. The van der Waals surface area contributed by atoms with Crippen LogP contribution < -0.4 is 0 Å². The Kier molecular flexibility index (Phi) is 5.87. The highest BCUT2D eigenvalue weighted by atomic mass is 35.5. The van der Waals surface area contributed by atoms with Crippen LogP contribution in [0.5, 0.6) is 0 Å². The molecule has 164 valence electrons. The van der Waals surface area contributed by atoms with E-state index in [2.05, 4.69) is 0 Å². The second-order valence-corrected chi connectivity index (χ2v) is 8.11. The number of rotatable bonds is 4. The van der Waals surface area contributed by atoms with E-state index < -0.39 is 28.7 Å². The van der Waals surface area contributed by atoms with E-state index >= 15 is 0 Å². The predicted molar refractivity (Wildman–Crippen MR) is 112 cm³/mol. The maximum Gasteiger partial charge on any atom is 0.417 e. The molecule has 10 heteroatoms. The number of carbonyl (C=O) groups is 2. The third-order valence-corrected chi connectivity index (χ3v) is 5.91. The number of thioether (sulfide) groups is 1. The second kappa shape index (κ2) is 8.48. The zero-order chi connectivity index (χ0) is 23.0. The van der Waals surface area contributed by atoms with Crippen LogP contribution in [0.15, 0.2) is 63.9 Å². The normalized spacial score (nSPS) is 15.8. The quantitative estimate of drug-likeness (QED) is 0.297. The molecule has 2 aromatic carbocycles. The zero-order valence-electron chi connectivity index (χ0n) is 16.0. The maximum atomic E-state index is 14.0. The third kappa shape index (κ3) is 4.31. The lowest BCUT2D eigenvalue weighted by atomic mass is 10.1. The van der Waals surface area contributed by atoms with Crippen molar-refractivity contribution < 1.29 is 31.6 Å². The summed E-state index contributed by atoms with van der Waals surface area (Å²) in [6.45, 7) is -0.351.